The fourth-order valence-corrected chi connectivity index (χ4v) is 4.55. The van der Waals surface area contributed by atoms with Crippen LogP contribution in [-0.2, 0) is 14.9 Å². The molecule has 3 aromatic rings. The SMILES string of the molecule is CC1OC2CCO[C@@H]2CN1CCCNC(=O)Nc1ccc(C(C)(C)C)cc1.Nc1ncnc2[nH]ccc12. The van der Waals surface area contributed by atoms with Crippen LogP contribution >= 0.6 is 0 Å². The third-order valence-electron chi connectivity index (χ3n) is 6.75. The van der Waals surface area contributed by atoms with Gasteiger partial charge in [0.1, 0.15) is 24.0 Å². The summed E-state index contributed by atoms with van der Waals surface area (Å²) in [4.78, 5) is 25.1. The van der Waals surface area contributed by atoms with Crippen molar-refractivity contribution in [2.75, 3.05) is 37.3 Å². The fourth-order valence-electron chi connectivity index (χ4n) is 4.55. The molecule has 0 saturated carbocycles. The van der Waals surface area contributed by atoms with Crippen LogP contribution in [0.1, 0.15) is 46.1 Å². The maximum atomic E-state index is 12.1. The molecule has 5 rings (SSSR count). The number of nitrogens with zero attached hydrogens (tertiary/aromatic N) is 3. The minimum absolute atomic E-state index is 0.111. The summed E-state index contributed by atoms with van der Waals surface area (Å²) in [5, 5.41) is 6.69. The molecular weight excluding hydrogens is 470 g/mol. The predicted octanol–water partition coefficient (Wildman–Crippen LogP) is 3.87. The summed E-state index contributed by atoms with van der Waals surface area (Å²) in [7, 11) is 0. The van der Waals surface area contributed by atoms with Gasteiger partial charge in [-0.05, 0) is 48.9 Å². The van der Waals surface area contributed by atoms with Crippen LogP contribution in [0.2, 0.25) is 0 Å². The van der Waals surface area contributed by atoms with Gasteiger partial charge < -0.3 is 30.8 Å². The Kier molecular flexibility index (Phi) is 8.63. The molecule has 3 atom stereocenters. The number of H-pyrrole nitrogens is 1. The monoisotopic (exact) mass is 509 g/mol. The first kappa shape index (κ1) is 26.8. The Bertz CT molecular complexity index is 1160. The molecule has 2 fully saturated rings. The molecule has 0 aliphatic carbocycles. The number of ether oxygens (including phenoxy) is 2. The number of anilines is 2. The maximum absolute atomic E-state index is 12.1. The van der Waals surface area contributed by atoms with Crippen molar-refractivity contribution in [1.29, 1.82) is 0 Å². The smallest absolute Gasteiger partial charge is 0.319 e. The second-order valence-corrected chi connectivity index (χ2v) is 10.5. The van der Waals surface area contributed by atoms with Crippen LogP contribution in [0, 0.1) is 0 Å². The topological polar surface area (TPSA) is 130 Å². The zero-order chi connectivity index (χ0) is 26.4. The van der Waals surface area contributed by atoms with Crippen LogP contribution in [0.3, 0.4) is 0 Å². The first-order valence-corrected chi connectivity index (χ1v) is 12.9. The van der Waals surface area contributed by atoms with E-state index in [9.17, 15) is 4.79 Å². The average molecular weight is 510 g/mol. The molecule has 2 amide bonds. The number of carbonyl (C=O) groups excluding carboxylic acids is 1. The largest absolute Gasteiger partial charge is 0.383 e. The zero-order valence-corrected chi connectivity index (χ0v) is 22.2. The predicted molar refractivity (Wildman–Crippen MR) is 145 cm³/mol. The van der Waals surface area contributed by atoms with E-state index in [2.05, 4.69) is 70.3 Å². The van der Waals surface area contributed by atoms with Gasteiger partial charge in [-0.2, -0.15) is 0 Å². The summed E-state index contributed by atoms with van der Waals surface area (Å²) in [6, 6.07) is 9.71. The molecule has 0 spiro atoms. The van der Waals surface area contributed by atoms with Crippen LogP contribution in [0.4, 0.5) is 16.3 Å². The summed E-state index contributed by atoms with van der Waals surface area (Å²) >= 11 is 0. The van der Waals surface area contributed by atoms with Crippen LogP contribution < -0.4 is 16.4 Å². The molecular formula is C27H39N7O3. The van der Waals surface area contributed by atoms with Gasteiger partial charge in [0, 0.05) is 38.1 Å². The summed E-state index contributed by atoms with van der Waals surface area (Å²) in [5.74, 6) is 0.520. The Morgan fingerprint density at radius 3 is 2.70 bits per heavy atom. The Hall–Kier alpha value is -3.21. The molecule has 1 aromatic carbocycles. The van der Waals surface area contributed by atoms with Gasteiger partial charge in [-0.1, -0.05) is 32.9 Å². The lowest BCUT2D eigenvalue weighted by Gasteiger charge is -2.39. The molecule has 37 heavy (non-hydrogen) atoms. The van der Waals surface area contributed by atoms with Crippen molar-refractivity contribution in [2.24, 2.45) is 0 Å². The number of nitrogens with two attached hydrogens (primary N) is 1. The summed E-state index contributed by atoms with van der Waals surface area (Å²) in [5.41, 5.74) is 8.48. The highest BCUT2D eigenvalue weighted by molar-refractivity contribution is 5.89. The highest BCUT2D eigenvalue weighted by Crippen LogP contribution is 2.26. The first-order chi connectivity index (χ1) is 17.7. The quantitative estimate of drug-likeness (QED) is 0.384. The van der Waals surface area contributed by atoms with E-state index >= 15 is 0 Å². The molecule has 2 aliphatic heterocycles. The van der Waals surface area contributed by atoms with E-state index < -0.39 is 0 Å². The lowest BCUT2D eigenvalue weighted by atomic mass is 9.87. The van der Waals surface area contributed by atoms with Crippen LogP contribution in [0.5, 0.6) is 0 Å². The number of nitrogen functional groups attached to an aromatic ring is 1. The van der Waals surface area contributed by atoms with Crippen LogP contribution in [0.15, 0.2) is 42.9 Å². The Labute approximate surface area is 218 Å². The fraction of sp³-hybridized carbons (Fsp3) is 0.519. The Morgan fingerprint density at radius 1 is 1.19 bits per heavy atom. The van der Waals surface area contributed by atoms with Crippen molar-refractivity contribution in [3.05, 3.63) is 48.4 Å². The van der Waals surface area contributed by atoms with E-state index in [0.29, 0.717) is 12.4 Å². The van der Waals surface area contributed by atoms with E-state index in [4.69, 9.17) is 15.2 Å². The summed E-state index contributed by atoms with van der Waals surface area (Å²) in [6.45, 7) is 11.8. The molecule has 0 radical (unpaired) electrons. The summed E-state index contributed by atoms with van der Waals surface area (Å²) in [6.07, 6.45) is 5.67. The summed E-state index contributed by atoms with van der Waals surface area (Å²) < 4.78 is 11.7. The van der Waals surface area contributed by atoms with Crippen molar-refractivity contribution in [3.8, 4) is 0 Å². The van der Waals surface area contributed by atoms with Gasteiger partial charge in [0.2, 0.25) is 0 Å². The first-order valence-electron chi connectivity index (χ1n) is 12.9. The molecule has 2 saturated heterocycles. The number of hydrogen-bond donors (Lipinski definition) is 4. The number of nitrogens with one attached hydrogen (secondary N) is 3. The normalized spacial score (nSPS) is 21.7. The zero-order valence-electron chi connectivity index (χ0n) is 22.2. The van der Waals surface area contributed by atoms with Gasteiger partial charge in [0.25, 0.3) is 0 Å². The van der Waals surface area contributed by atoms with Crippen molar-refractivity contribution < 1.29 is 14.3 Å². The molecule has 0 bridgehead atoms. The second-order valence-electron chi connectivity index (χ2n) is 10.5. The van der Waals surface area contributed by atoms with Crippen molar-refractivity contribution in [2.45, 2.75) is 64.4 Å². The molecule has 5 N–H and O–H groups in total. The minimum Gasteiger partial charge on any atom is -0.383 e. The number of amides is 2. The van der Waals surface area contributed by atoms with E-state index in [-0.39, 0.29) is 29.9 Å². The van der Waals surface area contributed by atoms with Gasteiger partial charge in [-0.25, -0.2) is 14.8 Å². The molecule has 10 nitrogen and oxygen atoms in total. The number of rotatable bonds is 5. The Balaban J connectivity index is 0.000000265. The number of carbonyl (C=O) groups is 1. The molecule has 200 valence electrons. The number of aromatic nitrogens is 3. The van der Waals surface area contributed by atoms with Gasteiger partial charge >= 0.3 is 6.03 Å². The number of aromatic amines is 1. The number of fused-ring (bicyclic) bond motifs is 2. The van der Waals surface area contributed by atoms with E-state index in [1.807, 2.05) is 18.2 Å². The molecule has 2 aliphatic rings. The standard InChI is InChI=1S/C21H33N3O3.C6H6N4/c1-15-24(14-19-18(27-15)10-13-26-19)12-5-11-22-20(25)23-17-8-6-16(7-9-17)21(2,3)4;7-5-4-1-2-8-6(4)10-3-9-5/h6-9,15,18-19H,5,10-14H2,1-4H3,(H2,22,23,25);1-3H,(H3,7,8,9,10)/t15?,18?,19-;/m1./s1. The molecule has 4 heterocycles. The highest BCUT2D eigenvalue weighted by atomic mass is 16.6. The van der Waals surface area contributed by atoms with Crippen molar-refractivity contribution >= 4 is 28.6 Å². The molecule has 2 aromatic heterocycles. The molecule has 10 heteroatoms. The van der Waals surface area contributed by atoms with Crippen LogP contribution in [0.25, 0.3) is 11.0 Å². The van der Waals surface area contributed by atoms with Crippen LogP contribution in [-0.4, -0.2) is 70.6 Å². The average Bonchev–Trinajstić information content (AvgIpc) is 3.52. The third kappa shape index (κ3) is 7.18. The third-order valence-corrected chi connectivity index (χ3v) is 6.75. The highest BCUT2D eigenvalue weighted by Gasteiger charge is 2.37. The second kappa shape index (κ2) is 11.9. The Morgan fingerprint density at radius 2 is 1.97 bits per heavy atom. The number of urea groups is 1. The van der Waals surface area contributed by atoms with Crippen molar-refractivity contribution in [3.63, 3.8) is 0 Å². The van der Waals surface area contributed by atoms with Gasteiger partial charge in [0.15, 0.2) is 0 Å². The molecule has 2 unspecified atom stereocenters. The van der Waals surface area contributed by atoms with Gasteiger partial charge in [-0.15, -0.1) is 0 Å². The lowest BCUT2D eigenvalue weighted by Crippen LogP contribution is -2.52. The minimum atomic E-state index is -0.166. The van der Waals surface area contributed by atoms with E-state index in [0.717, 1.165) is 49.3 Å². The lowest BCUT2D eigenvalue weighted by molar-refractivity contribution is -0.162. The maximum Gasteiger partial charge on any atom is 0.319 e. The van der Waals surface area contributed by atoms with E-state index in [1.54, 1.807) is 6.20 Å². The van der Waals surface area contributed by atoms with Gasteiger partial charge in [0.05, 0.1) is 17.6 Å². The number of benzene rings is 1. The van der Waals surface area contributed by atoms with E-state index in [1.165, 1.54) is 11.9 Å². The number of hydrogen-bond acceptors (Lipinski definition) is 7. The van der Waals surface area contributed by atoms with Gasteiger partial charge in [-0.3, -0.25) is 4.90 Å². The van der Waals surface area contributed by atoms with Crippen molar-refractivity contribution in [1.82, 2.24) is 25.2 Å².